The highest BCUT2D eigenvalue weighted by Gasteiger charge is 2.23. The number of hydrogen-bond acceptors (Lipinski definition) is 3. The van der Waals surface area contributed by atoms with E-state index in [-0.39, 0.29) is 0 Å². The van der Waals surface area contributed by atoms with E-state index in [9.17, 15) is 0 Å². The fourth-order valence-corrected chi connectivity index (χ4v) is 2.11. The van der Waals surface area contributed by atoms with Gasteiger partial charge in [0.1, 0.15) is 0 Å². The van der Waals surface area contributed by atoms with Gasteiger partial charge in [0.25, 0.3) is 0 Å². The van der Waals surface area contributed by atoms with Crippen molar-refractivity contribution in [1.82, 2.24) is 15.1 Å². The van der Waals surface area contributed by atoms with Gasteiger partial charge >= 0.3 is 0 Å². The molecule has 0 saturated carbocycles. The summed E-state index contributed by atoms with van der Waals surface area (Å²) >= 11 is 0. The van der Waals surface area contributed by atoms with E-state index in [1.54, 1.807) is 7.11 Å². The minimum Gasteiger partial charge on any atom is -0.493 e. The van der Waals surface area contributed by atoms with Gasteiger partial charge in [0.05, 0.1) is 25.0 Å². The summed E-state index contributed by atoms with van der Waals surface area (Å²) in [6, 6.07) is 0.295. The smallest absolute Gasteiger partial charge is 0.161 e. The van der Waals surface area contributed by atoms with E-state index in [2.05, 4.69) is 42.8 Å². The van der Waals surface area contributed by atoms with Crippen LogP contribution in [0, 0.1) is 5.92 Å². The lowest BCUT2D eigenvalue weighted by Gasteiger charge is -2.23. The molecule has 1 aromatic heterocycles. The summed E-state index contributed by atoms with van der Waals surface area (Å²) in [7, 11) is 1.71. The van der Waals surface area contributed by atoms with Crippen LogP contribution in [0.25, 0.3) is 0 Å². The Kier molecular flexibility index (Phi) is 5.48. The molecule has 4 heteroatoms. The van der Waals surface area contributed by atoms with Gasteiger partial charge in [0.2, 0.25) is 0 Å². The molecule has 0 aliphatic heterocycles. The fourth-order valence-electron chi connectivity index (χ4n) is 2.11. The minimum absolute atomic E-state index is 0.295. The molecule has 0 aliphatic carbocycles. The lowest BCUT2D eigenvalue weighted by atomic mass is 10.00. The highest BCUT2D eigenvalue weighted by molar-refractivity contribution is 5.28. The highest BCUT2D eigenvalue weighted by atomic mass is 16.5. The lowest BCUT2D eigenvalue weighted by Crippen LogP contribution is -2.28. The molecule has 0 aliphatic rings. The van der Waals surface area contributed by atoms with E-state index in [0.29, 0.717) is 12.0 Å². The second kappa shape index (κ2) is 6.64. The summed E-state index contributed by atoms with van der Waals surface area (Å²) in [5, 5.41) is 7.93. The Balaban J connectivity index is 3.08. The van der Waals surface area contributed by atoms with Crippen LogP contribution in [-0.2, 0) is 6.54 Å². The van der Waals surface area contributed by atoms with Crippen LogP contribution in [0.15, 0.2) is 6.20 Å². The molecule has 0 fully saturated rings. The molecule has 1 unspecified atom stereocenters. The second-order valence-corrected chi connectivity index (χ2v) is 4.60. The number of nitrogens with one attached hydrogen (secondary N) is 1. The van der Waals surface area contributed by atoms with Crippen LogP contribution in [0.3, 0.4) is 0 Å². The number of aryl methyl sites for hydroxylation is 1. The van der Waals surface area contributed by atoms with Crippen molar-refractivity contribution in [3.8, 4) is 5.75 Å². The number of hydrogen-bond donors (Lipinski definition) is 1. The summed E-state index contributed by atoms with van der Waals surface area (Å²) in [5.74, 6) is 1.40. The predicted molar refractivity (Wildman–Crippen MR) is 70.3 cm³/mol. The number of aromatic nitrogens is 2. The molecule has 17 heavy (non-hydrogen) atoms. The topological polar surface area (TPSA) is 39.1 Å². The van der Waals surface area contributed by atoms with Gasteiger partial charge in [0, 0.05) is 6.54 Å². The van der Waals surface area contributed by atoms with E-state index in [1.807, 2.05) is 6.20 Å². The van der Waals surface area contributed by atoms with Crippen molar-refractivity contribution in [3.05, 3.63) is 11.9 Å². The molecule has 1 rings (SSSR count). The largest absolute Gasteiger partial charge is 0.493 e. The van der Waals surface area contributed by atoms with Crippen molar-refractivity contribution in [3.63, 3.8) is 0 Å². The predicted octanol–water partition coefficient (Wildman–Crippen LogP) is 2.61. The monoisotopic (exact) mass is 239 g/mol. The van der Waals surface area contributed by atoms with Crippen LogP contribution in [0.1, 0.15) is 45.9 Å². The third kappa shape index (κ3) is 3.22. The fraction of sp³-hybridized carbons (Fsp3) is 0.769. The molecule has 0 bridgehead atoms. The third-order valence-corrected chi connectivity index (χ3v) is 2.89. The van der Waals surface area contributed by atoms with Gasteiger partial charge in [-0.05, 0) is 18.9 Å². The summed E-state index contributed by atoms with van der Waals surface area (Å²) in [5.41, 5.74) is 1.17. The Morgan fingerprint density at radius 2 is 2.12 bits per heavy atom. The zero-order valence-corrected chi connectivity index (χ0v) is 11.7. The van der Waals surface area contributed by atoms with Crippen molar-refractivity contribution in [1.29, 1.82) is 0 Å². The molecule has 1 atom stereocenters. The molecule has 1 N–H and O–H groups in total. The van der Waals surface area contributed by atoms with E-state index >= 15 is 0 Å². The first-order chi connectivity index (χ1) is 8.15. The van der Waals surface area contributed by atoms with Crippen molar-refractivity contribution in [2.24, 2.45) is 5.92 Å². The van der Waals surface area contributed by atoms with E-state index < -0.39 is 0 Å². The summed E-state index contributed by atoms with van der Waals surface area (Å²) in [4.78, 5) is 0. The van der Waals surface area contributed by atoms with Crippen LogP contribution in [-0.4, -0.2) is 23.4 Å². The zero-order chi connectivity index (χ0) is 12.8. The Bertz CT molecular complexity index is 333. The SMILES string of the molecule is CCCn1ncc(OC)c1C(NCC)C(C)C. The van der Waals surface area contributed by atoms with Gasteiger partial charge in [0.15, 0.2) is 5.75 Å². The molecular weight excluding hydrogens is 214 g/mol. The zero-order valence-electron chi connectivity index (χ0n) is 11.7. The van der Waals surface area contributed by atoms with Gasteiger partial charge in [-0.2, -0.15) is 5.10 Å². The van der Waals surface area contributed by atoms with Gasteiger partial charge in [-0.3, -0.25) is 4.68 Å². The van der Waals surface area contributed by atoms with Gasteiger partial charge in [-0.1, -0.05) is 27.7 Å². The van der Waals surface area contributed by atoms with Crippen LogP contribution in [0.4, 0.5) is 0 Å². The maximum atomic E-state index is 5.43. The average Bonchev–Trinajstić information content (AvgIpc) is 2.69. The average molecular weight is 239 g/mol. The standard InChI is InChI=1S/C13H25N3O/c1-6-8-16-13(11(17-5)9-15-16)12(10(3)4)14-7-2/h9-10,12,14H,6-8H2,1-5H3. The summed E-state index contributed by atoms with van der Waals surface area (Å²) in [6.07, 6.45) is 2.90. The number of rotatable bonds is 7. The van der Waals surface area contributed by atoms with E-state index in [4.69, 9.17) is 4.74 Å². The van der Waals surface area contributed by atoms with Crippen molar-refractivity contribution < 1.29 is 4.74 Å². The second-order valence-electron chi connectivity index (χ2n) is 4.60. The normalized spacial score (nSPS) is 13.1. The molecular formula is C13H25N3O. The van der Waals surface area contributed by atoms with Crippen molar-refractivity contribution >= 4 is 0 Å². The number of methoxy groups -OCH3 is 1. The molecule has 1 heterocycles. The van der Waals surface area contributed by atoms with Crippen LogP contribution >= 0.6 is 0 Å². The number of ether oxygens (including phenoxy) is 1. The molecule has 0 radical (unpaired) electrons. The quantitative estimate of drug-likeness (QED) is 0.795. The Hall–Kier alpha value is -1.03. The van der Waals surface area contributed by atoms with Crippen LogP contribution in [0.2, 0.25) is 0 Å². The van der Waals surface area contributed by atoms with Crippen LogP contribution in [0.5, 0.6) is 5.75 Å². The van der Waals surface area contributed by atoms with Crippen LogP contribution < -0.4 is 10.1 Å². The number of nitrogens with zero attached hydrogens (tertiary/aromatic N) is 2. The van der Waals surface area contributed by atoms with Crippen molar-refractivity contribution in [2.75, 3.05) is 13.7 Å². The molecule has 0 aromatic carbocycles. The lowest BCUT2D eigenvalue weighted by molar-refractivity contribution is 0.355. The van der Waals surface area contributed by atoms with E-state index in [1.165, 1.54) is 5.69 Å². The maximum absolute atomic E-state index is 5.43. The van der Waals surface area contributed by atoms with Gasteiger partial charge < -0.3 is 10.1 Å². The molecule has 98 valence electrons. The molecule has 0 amide bonds. The van der Waals surface area contributed by atoms with E-state index in [0.717, 1.165) is 25.3 Å². The maximum Gasteiger partial charge on any atom is 0.161 e. The van der Waals surface area contributed by atoms with Gasteiger partial charge in [-0.25, -0.2) is 0 Å². The first-order valence-corrected chi connectivity index (χ1v) is 6.48. The van der Waals surface area contributed by atoms with Crippen molar-refractivity contribution in [2.45, 2.75) is 46.7 Å². The summed E-state index contributed by atoms with van der Waals surface area (Å²) < 4.78 is 7.49. The Morgan fingerprint density at radius 1 is 1.41 bits per heavy atom. The Labute approximate surface area is 104 Å². The van der Waals surface area contributed by atoms with Gasteiger partial charge in [-0.15, -0.1) is 0 Å². The molecule has 1 aromatic rings. The third-order valence-electron chi connectivity index (χ3n) is 2.89. The minimum atomic E-state index is 0.295. The molecule has 4 nitrogen and oxygen atoms in total. The first-order valence-electron chi connectivity index (χ1n) is 6.48. The summed E-state index contributed by atoms with van der Waals surface area (Å²) in [6.45, 7) is 10.6. The highest BCUT2D eigenvalue weighted by Crippen LogP contribution is 2.30. The first kappa shape index (κ1) is 14.0. The molecule has 0 spiro atoms. The Morgan fingerprint density at radius 3 is 2.59 bits per heavy atom. The molecule has 0 saturated heterocycles.